The number of anilines is 1. The van der Waals surface area contributed by atoms with Crippen LogP contribution in [0.3, 0.4) is 0 Å². The fraction of sp³-hybridized carbons (Fsp3) is 0.400. The molecular formula is C30H35ClN2O3S. The van der Waals surface area contributed by atoms with Crippen molar-refractivity contribution in [2.24, 2.45) is 0 Å². The van der Waals surface area contributed by atoms with Crippen molar-refractivity contribution in [2.75, 3.05) is 24.5 Å². The topological polar surface area (TPSA) is 49.9 Å². The van der Waals surface area contributed by atoms with Crippen LogP contribution in [0.4, 0.5) is 5.69 Å². The van der Waals surface area contributed by atoms with E-state index in [1.807, 2.05) is 12.1 Å². The zero-order valence-electron chi connectivity index (χ0n) is 21.3. The molecule has 1 aliphatic heterocycles. The number of likely N-dealkylation sites (tertiary alicyclic amines) is 1. The van der Waals surface area contributed by atoms with E-state index in [1.54, 1.807) is 47.8 Å². The molecule has 5 rings (SSSR count). The number of sulfonamides is 1. The van der Waals surface area contributed by atoms with E-state index in [9.17, 15) is 8.42 Å². The molecule has 1 aliphatic carbocycles. The zero-order chi connectivity index (χ0) is 25.8. The highest BCUT2D eigenvalue weighted by atomic mass is 35.5. The molecule has 0 amide bonds. The third-order valence-corrected chi connectivity index (χ3v) is 10.1. The average Bonchev–Trinajstić information content (AvgIpc) is 2.95. The third-order valence-electron chi connectivity index (χ3n) is 7.95. The number of nitrogens with zero attached hydrogens (tertiary/aromatic N) is 2. The van der Waals surface area contributed by atoms with Gasteiger partial charge in [0, 0.05) is 30.2 Å². The number of rotatable bonds is 7. The number of piperidine rings is 1. The maximum Gasteiger partial charge on any atom is 0.264 e. The maximum absolute atomic E-state index is 14.0. The second kappa shape index (κ2) is 11.5. The van der Waals surface area contributed by atoms with Crippen molar-refractivity contribution in [3.05, 3.63) is 89.4 Å². The number of ether oxygens (including phenoxy) is 1. The smallest absolute Gasteiger partial charge is 0.264 e. The summed E-state index contributed by atoms with van der Waals surface area (Å²) >= 11 is 6.15. The largest absolute Gasteiger partial charge is 0.497 e. The van der Waals surface area contributed by atoms with Gasteiger partial charge in [0.05, 0.1) is 17.7 Å². The monoisotopic (exact) mass is 538 g/mol. The zero-order valence-corrected chi connectivity index (χ0v) is 22.9. The molecular weight excluding hydrogens is 504 g/mol. The molecule has 196 valence electrons. The van der Waals surface area contributed by atoms with Crippen LogP contribution in [0.25, 0.3) is 0 Å². The van der Waals surface area contributed by atoms with Gasteiger partial charge in [-0.05, 0) is 85.7 Å². The second-order valence-electron chi connectivity index (χ2n) is 10.1. The summed E-state index contributed by atoms with van der Waals surface area (Å²) in [5.41, 5.74) is 2.08. The van der Waals surface area contributed by atoms with Gasteiger partial charge in [-0.15, -0.1) is 0 Å². The maximum atomic E-state index is 14.0. The first-order valence-electron chi connectivity index (χ1n) is 13.2. The second-order valence-corrected chi connectivity index (χ2v) is 12.3. The Bertz CT molecular complexity index is 1260. The van der Waals surface area contributed by atoms with Crippen LogP contribution in [0.1, 0.15) is 50.0 Å². The predicted octanol–water partition coefficient (Wildman–Crippen LogP) is 6.73. The first-order valence-corrected chi connectivity index (χ1v) is 15.0. The molecule has 0 radical (unpaired) electrons. The summed E-state index contributed by atoms with van der Waals surface area (Å²) < 4.78 is 34.8. The molecule has 2 atom stereocenters. The molecule has 5 nitrogen and oxygen atoms in total. The predicted molar refractivity (Wildman–Crippen MR) is 150 cm³/mol. The standard InChI is InChI=1S/C30H35ClN2O3S/c1-36-27-15-17-28(18-16-27)37(34,35)33(25-13-11-24(31)12-14-25)26-19-21-32(22-20-26)30-10-6-5-9-29(30)23-7-3-2-4-8-23/h2-4,7-8,11-18,26,29-30H,5-6,9-10,19-22H2,1H3. The van der Waals surface area contributed by atoms with Gasteiger partial charge in [-0.2, -0.15) is 0 Å². The van der Waals surface area contributed by atoms with Gasteiger partial charge in [-0.25, -0.2) is 8.42 Å². The number of halogens is 1. The molecule has 1 saturated carbocycles. The van der Waals surface area contributed by atoms with Crippen molar-refractivity contribution >= 4 is 27.3 Å². The van der Waals surface area contributed by atoms with Gasteiger partial charge in [0.1, 0.15) is 5.75 Å². The van der Waals surface area contributed by atoms with Crippen LogP contribution in [0.15, 0.2) is 83.8 Å². The van der Waals surface area contributed by atoms with Crippen LogP contribution in [-0.2, 0) is 10.0 Å². The summed E-state index contributed by atoms with van der Waals surface area (Å²) in [6, 6.07) is 25.1. The highest BCUT2D eigenvalue weighted by Gasteiger charge is 2.38. The van der Waals surface area contributed by atoms with Crippen LogP contribution in [-0.4, -0.2) is 45.6 Å². The van der Waals surface area contributed by atoms with E-state index >= 15 is 0 Å². The fourth-order valence-corrected chi connectivity index (χ4v) is 7.92. The Kier molecular flexibility index (Phi) is 8.08. The van der Waals surface area contributed by atoms with E-state index in [4.69, 9.17) is 16.3 Å². The molecule has 2 aliphatic rings. The highest BCUT2D eigenvalue weighted by Crippen LogP contribution is 2.39. The van der Waals surface area contributed by atoms with Crippen LogP contribution in [0, 0.1) is 0 Å². The quantitative estimate of drug-likeness (QED) is 0.334. The summed E-state index contributed by atoms with van der Waals surface area (Å²) in [6.45, 7) is 1.78. The molecule has 2 unspecified atom stereocenters. The van der Waals surface area contributed by atoms with Gasteiger partial charge in [0.2, 0.25) is 0 Å². The lowest BCUT2D eigenvalue weighted by molar-refractivity contribution is 0.107. The molecule has 0 spiro atoms. The van der Waals surface area contributed by atoms with E-state index in [0.29, 0.717) is 28.4 Å². The minimum atomic E-state index is -3.77. The summed E-state index contributed by atoms with van der Waals surface area (Å²) in [6.07, 6.45) is 6.53. The third kappa shape index (κ3) is 5.66. The summed E-state index contributed by atoms with van der Waals surface area (Å²) in [5.74, 6) is 1.17. The van der Waals surface area contributed by atoms with Gasteiger partial charge in [-0.1, -0.05) is 54.8 Å². The van der Waals surface area contributed by atoms with Crippen LogP contribution >= 0.6 is 11.6 Å². The molecule has 1 saturated heterocycles. The lowest BCUT2D eigenvalue weighted by atomic mass is 9.78. The van der Waals surface area contributed by atoms with Gasteiger partial charge in [-0.3, -0.25) is 9.21 Å². The van der Waals surface area contributed by atoms with E-state index in [2.05, 4.69) is 35.2 Å². The Morgan fingerprint density at radius 2 is 1.49 bits per heavy atom. The van der Waals surface area contributed by atoms with Crippen molar-refractivity contribution < 1.29 is 13.2 Å². The Morgan fingerprint density at radius 1 is 0.838 bits per heavy atom. The summed E-state index contributed by atoms with van der Waals surface area (Å²) in [4.78, 5) is 2.88. The molecule has 0 bridgehead atoms. The molecule has 37 heavy (non-hydrogen) atoms. The summed E-state index contributed by atoms with van der Waals surface area (Å²) in [7, 11) is -2.20. The molecule has 3 aromatic carbocycles. The van der Waals surface area contributed by atoms with Crippen molar-refractivity contribution in [1.29, 1.82) is 0 Å². The van der Waals surface area contributed by atoms with Crippen molar-refractivity contribution in [3.63, 3.8) is 0 Å². The molecule has 2 fully saturated rings. The lowest BCUT2D eigenvalue weighted by Gasteiger charge is -2.45. The van der Waals surface area contributed by atoms with Crippen molar-refractivity contribution in [2.45, 2.75) is 61.4 Å². The van der Waals surface area contributed by atoms with Crippen molar-refractivity contribution in [3.8, 4) is 5.75 Å². The van der Waals surface area contributed by atoms with Crippen LogP contribution < -0.4 is 9.04 Å². The van der Waals surface area contributed by atoms with E-state index in [-0.39, 0.29) is 10.9 Å². The van der Waals surface area contributed by atoms with Gasteiger partial charge >= 0.3 is 0 Å². The van der Waals surface area contributed by atoms with E-state index < -0.39 is 10.0 Å². The Morgan fingerprint density at radius 3 is 2.14 bits per heavy atom. The Balaban J connectivity index is 1.38. The van der Waals surface area contributed by atoms with Gasteiger partial charge in [0.15, 0.2) is 0 Å². The molecule has 0 aromatic heterocycles. The van der Waals surface area contributed by atoms with Gasteiger partial charge in [0.25, 0.3) is 10.0 Å². The highest BCUT2D eigenvalue weighted by molar-refractivity contribution is 7.92. The number of methoxy groups -OCH3 is 1. The SMILES string of the molecule is COc1ccc(S(=O)(=O)N(c2ccc(Cl)cc2)C2CCN(C3CCCCC3c3ccccc3)CC2)cc1. The first-order chi connectivity index (χ1) is 18.0. The molecule has 7 heteroatoms. The van der Waals surface area contributed by atoms with E-state index in [0.717, 1.165) is 25.9 Å². The molecule has 1 heterocycles. The minimum Gasteiger partial charge on any atom is -0.497 e. The number of benzene rings is 3. The first kappa shape index (κ1) is 26.1. The molecule has 0 N–H and O–H groups in total. The Hall–Kier alpha value is -2.54. The average molecular weight is 539 g/mol. The summed E-state index contributed by atoms with van der Waals surface area (Å²) in [5, 5.41) is 0.588. The number of hydrogen-bond donors (Lipinski definition) is 0. The van der Waals surface area contributed by atoms with Crippen molar-refractivity contribution in [1.82, 2.24) is 4.90 Å². The van der Waals surface area contributed by atoms with Gasteiger partial charge < -0.3 is 4.74 Å². The lowest BCUT2D eigenvalue weighted by Crippen LogP contribution is -2.51. The molecule has 3 aromatic rings. The normalized spacial score (nSPS) is 21.5. The fourth-order valence-electron chi connectivity index (χ4n) is 6.08. The minimum absolute atomic E-state index is 0.122. The van der Waals surface area contributed by atoms with Crippen LogP contribution in [0.5, 0.6) is 5.75 Å². The number of hydrogen-bond acceptors (Lipinski definition) is 4. The van der Waals surface area contributed by atoms with Crippen LogP contribution in [0.2, 0.25) is 5.02 Å². The Labute approximate surface area is 226 Å². The van der Waals surface area contributed by atoms with E-state index in [1.165, 1.54) is 31.2 Å².